The van der Waals surface area contributed by atoms with E-state index in [0.29, 0.717) is 28.6 Å². The van der Waals surface area contributed by atoms with Gasteiger partial charge in [0.15, 0.2) is 5.65 Å². The van der Waals surface area contributed by atoms with Crippen molar-refractivity contribution in [3.05, 3.63) is 42.6 Å². The van der Waals surface area contributed by atoms with Crippen molar-refractivity contribution in [1.29, 1.82) is 0 Å². The Morgan fingerprint density at radius 2 is 2.00 bits per heavy atom. The zero-order valence-corrected chi connectivity index (χ0v) is 16.0. The fourth-order valence-electron chi connectivity index (χ4n) is 3.53. The van der Waals surface area contributed by atoms with Crippen LogP contribution in [-0.2, 0) is 4.79 Å². The number of likely N-dealkylation sites (tertiary alicyclic amines) is 1. The van der Waals surface area contributed by atoms with Crippen LogP contribution in [-0.4, -0.2) is 51.9 Å². The van der Waals surface area contributed by atoms with E-state index >= 15 is 0 Å². The Balaban J connectivity index is 1.51. The van der Waals surface area contributed by atoms with Gasteiger partial charge in [-0.25, -0.2) is 9.50 Å². The van der Waals surface area contributed by atoms with Crippen LogP contribution in [0.3, 0.4) is 0 Å². The fraction of sp³-hybridized carbons (Fsp3) is 0.350. The summed E-state index contributed by atoms with van der Waals surface area (Å²) in [4.78, 5) is 16.9. The molecule has 1 amide bonds. The second-order valence-corrected chi connectivity index (χ2v) is 7.17. The quantitative estimate of drug-likeness (QED) is 0.619. The minimum atomic E-state index is -4.75. The summed E-state index contributed by atoms with van der Waals surface area (Å²) in [5.74, 6) is 0.783. The molecule has 1 N–H and O–H groups in total. The van der Waals surface area contributed by atoms with Crippen LogP contribution >= 0.6 is 0 Å². The summed E-state index contributed by atoms with van der Waals surface area (Å²) in [5, 5.41) is 7.86. The van der Waals surface area contributed by atoms with Gasteiger partial charge in [-0.15, -0.1) is 18.3 Å². The van der Waals surface area contributed by atoms with Crippen molar-refractivity contribution in [2.75, 3.05) is 25.0 Å². The molecule has 0 aliphatic carbocycles. The number of ether oxygens (including phenoxy) is 1. The van der Waals surface area contributed by atoms with Crippen LogP contribution in [0, 0.1) is 5.92 Å². The van der Waals surface area contributed by atoms with Crippen LogP contribution in [0.15, 0.2) is 42.6 Å². The van der Waals surface area contributed by atoms with Crippen molar-refractivity contribution >= 4 is 17.9 Å². The number of benzene rings is 1. The van der Waals surface area contributed by atoms with E-state index in [1.807, 2.05) is 6.07 Å². The molecule has 7 nitrogen and oxygen atoms in total. The maximum atomic E-state index is 12.5. The number of rotatable bonds is 6. The van der Waals surface area contributed by atoms with Crippen molar-refractivity contribution in [2.45, 2.75) is 19.2 Å². The number of piperidine rings is 1. The lowest BCUT2D eigenvalue weighted by Crippen LogP contribution is -2.34. The van der Waals surface area contributed by atoms with Crippen molar-refractivity contribution < 1.29 is 22.7 Å². The van der Waals surface area contributed by atoms with Crippen LogP contribution < -0.4 is 10.1 Å². The molecule has 0 atom stereocenters. The number of hydrogen-bond acceptors (Lipinski definition) is 5. The fourth-order valence-corrected chi connectivity index (χ4v) is 3.53. The molecule has 0 spiro atoms. The SMILES string of the molecule is O=CN1CCC(CNc2ccc3ncc(-c4cccc(OC(F)(F)F)c4)n3n2)CC1. The Bertz CT molecular complexity index is 1030. The Labute approximate surface area is 170 Å². The first-order valence-corrected chi connectivity index (χ1v) is 9.55. The second-order valence-electron chi connectivity index (χ2n) is 7.17. The van der Waals surface area contributed by atoms with Crippen LogP contribution in [0.2, 0.25) is 0 Å². The number of anilines is 1. The van der Waals surface area contributed by atoms with Gasteiger partial charge in [-0.05, 0) is 43.0 Å². The van der Waals surface area contributed by atoms with E-state index < -0.39 is 6.36 Å². The van der Waals surface area contributed by atoms with Gasteiger partial charge in [0, 0.05) is 25.2 Å². The highest BCUT2D eigenvalue weighted by Gasteiger charge is 2.31. The number of nitrogens with zero attached hydrogens (tertiary/aromatic N) is 4. The zero-order valence-electron chi connectivity index (χ0n) is 16.0. The van der Waals surface area contributed by atoms with Gasteiger partial charge in [-0.2, -0.15) is 0 Å². The Hall–Kier alpha value is -3.30. The molecule has 0 bridgehead atoms. The van der Waals surface area contributed by atoms with Crippen molar-refractivity contribution in [3.8, 4) is 17.0 Å². The second kappa shape index (κ2) is 8.21. The van der Waals surface area contributed by atoms with Crippen LogP contribution in [0.5, 0.6) is 5.75 Å². The number of carbonyl (C=O) groups excluding carboxylic acids is 1. The van der Waals surface area contributed by atoms with Crippen LogP contribution in [0.1, 0.15) is 12.8 Å². The van der Waals surface area contributed by atoms with E-state index in [2.05, 4.69) is 20.1 Å². The maximum Gasteiger partial charge on any atom is 0.573 e. The molecule has 1 aromatic carbocycles. The van der Waals surface area contributed by atoms with Gasteiger partial charge in [0.2, 0.25) is 6.41 Å². The predicted molar refractivity (Wildman–Crippen MR) is 104 cm³/mol. The standard InChI is InChI=1S/C20H20F3N5O2/c21-20(22,23)30-16-3-1-2-15(10-16)17-12-25-19-5-4-18(26-28(17)19)24-11-14-6-8-27(13-29)9-7-14/h1-5,10,12-14H,6-9,11H2,(H,24,26). The first-order chi connectivity index (χ1) is 14.4. The molecule has 1 aliphatic heterocycles. The summed E-state index contributed by atoms with van der Waals surface area (Å²) in [7, 11) is 0. The summed E-state index contributed by atoms with van der Waals surface area (Å²) < 4.78 is 43.2. The minimum Gasteiger partial charge on any atom is -0.406 e. The zero-order chi connectivity index (χ0) is 21.1. The predicted octanol–water partition coefficient (Wildman–Crippen LogP) is 3.58. The van der Waals surface area contributed by atoms with Gasteiger partial charge >= 0.3 is 6.36 Å². The molecular weight excluding hydrogens is 399 g/mol. The molecule has 30 heavy (non-hydrogen) atoms. The number of fused-ring (bicyclic) bond motifs is 1. The highest BCUT2D eigenvalue weighted by atomic mass is 19.4. The highest BCUT2D eigenvalue weighted by Crippen LogP contribution is 2.28. The third kappa shape index (κ3) is 4.64. The van der Waals surface area contributed by atoms with E-state index in [1.54, 1.807) is 27.7 Å². The Kier molecular flexibility index (Phi) is 5.47. The average molecular weight is 419 g/mol. The van der Waals surface area contributed by atoms with Gasteiger partial charge in [0.05, 0.1) is 11.9 Å². The lowest BCUT2D eigenvalue weighted by atomic mass is 9.97. The largest absolute Gasteiger partial charge is 0.573 e. The summed E-state index contributed by atoms with van der Waals surface area (Å²) in [5.41, 5.74) is 1.65. The maximum absolute atomic E-state index is 12.5. The van der Waals surface area contributed by atoms with Crippen molar-refractivity contribution in [2.24, 2.45) is 5.92 Å². The third-order valence-corrected chi connectivity index (χ3v) is 5.10. The molecular formula is C20H20F3N5O2. The molecule has 2 aromatic heterocycles. The van der Waals surface area contributed by atoms with E-state index in [1.165, 1.54) is 18.2 Å². The molecule has 3 aromatic rings. The number of hydrogen-bond donors (Lipinski definition) is 1. The lowest BCUT2D eigenvalue weighted by molar-refractivity contribution is -0.274. The minimum absolute atomic E-state index is 0.300. The Morgan fingerprint density at radius 3 is 2.73 bits per heavy atom. The Morgan fingerprint density at radius 1 is 1.20 bits per heavy atom. The number of alkyl halides is 3. The van der Waals surface area contributed by atoms with E-state index in [4.69, 9.17) is 0 Å². The normalized spacial score (nSPS) is 15.4. The molecule has 10 heteroatoms. The lowest BCUT2D eigenvalue weighted by Gasteiger charge is -2.29. The number of aromatic nitrogens is 3. The number of amides is 1. The van der Waals surface area contributed by atoms with E-state index in [-0.39, 0.29) is 5.75 Å². The molecule has 158 valence electrons. The summed E-state index contributed by atoms with van der Waals surface area (Å²) in [6.07, 6.45) is -0.454. The van der Waals surface area contributed by atoms with Crippen LogP contribution in [0.4, 0.5) is 19.0 Å². The first kappa shape index (κ1) is 20.0. The molecule has 0 saturated carbocycles. The average Bonchev–Trinajstić information content (AvgIpc) is 3.15. The van der Waals surface area contributed by atoms with Gasteiger partial charge in [0.1, 0.15) is 11.6 Å². The highest BCUT2D eigenvalue weighted by molar-refractivity contribution is 5.65. The van der Waals surface area contributed by atoms with Crippen LogP contribution in [0.25, 0.3) is 16.9 Å². The van der Waals surface area contributed by atoms with Gasteiger partial charge < -0.3 is 15.0 Å². The molecule has 0 radical (unpaired) electrons. The summed E-state index contributed by atoms with van der Waals surface area (Å²) in [6, 6.07) is 9.33. The first-order valence-electron chi connectivity index (χ1n) is 9.55. The monoisotopic (exact) mass is 419 g/mol. The molecule has 1 aliphatic rings. The smallest absolute Gasteiger partial charge is 0.406 e. The van der Waals surface area contributed by atoms with Gasteiger partial charge in [0.25, 0.3) is 0 Å². The third-order valence-electron chi connectivity index (χ3n) is 5.10. The van der Waals surface area contributed by atoms with Crippen molar-refractivity contribution in [1.82, 2.24) is 19.5 Å². The number of nitrogens with one attached hydrogen (secondary N) is 1. The number of halogens is 3. The molecule has 0 unspecified atom stereocenters. The molecule has 1 saturated heterocycles. The van der Waals surface area contributed by atoms with Gasteiger partial charge in [-0.3, -0.25) is 4.79 Å². The number of carbonyl (C=O) groups is 1. The van der Waals surface area contributed by atoms with Gasteiger partial charge in [-0.1, -0.05) is 12.1 Å². The number of imidazole rings is 1. The van der Waals surface area contributed by atoms with E-state index in [0.717, 1.165) is 38.9 Å². The summed E-state index contributed by atoms with van der Waals surface area (Å²) in [6.45, 7) is 2.23. The molecule has 4 rings (SSSR count). The molecule has 1 fully saturated rings. The molecule has 3 heterocycles. The van der Waals surface area contributed by atoms with E-state index in [9.17, 15) is 18.0 Å². The topological polar surface area (TPSA) is 71.8 Å². The summed E-state index contributed by atoms with van der Waals surface area (Å²) >= 11 is 0. The van der Waals surface area contributed by atoms with Crippen molar-refractivity contribution in [3.63, 3.8) is 0 Å².